The summed E-state index contributed by atoms with van der Waals surface area (Å²) < 4.78 is 5.73. The molecule has 1 atom stereocenters. The zero-order chi connectivity index (χ0) is 14.5. The molecule has 4 heteroatoms. The van der Waals surface area contributed by atoms with E-state index in [1.54, 1.807) is 0 Å². The normalized spacial score (nSPS) is 13.4. The van der Waals surface area contributed by atoms with Gasteiger partial charge in [0, 0.05) is 24.6 Å². The molecule has 1 aromatic rings. The van der Waals surface area contributed by atoms with Crippen LogP contribution in [0.3, 0.4) is 0 Å². The third-order valence-electron chi connectivity index (χ3n) is 2.90. The lowest BCUT2D eigenvalue weighted by Gasteiger charge is -2.22. The summed E-state index contributed by atoms with van der Waals surface area (Å²) in [5.41, 5.74) is 1.05. The van der Waals surface area contributed by atoms with Crippen LogP contribution in [0, 0.1) is 0 Å². The highest BCUT2D eigenvalue weighted by Crippen LogP contribution is 2.26. The third-order valence-corrected chi connectivity index (χ3v) is 2.90. The molecule has 108 valence electrons. The molecule has 1 unspecified atom stereocenters. The van der Waals surface area contributed by atoms with Gasteiger partial charge in [-0.25, -0.2) is 9.97 Å². The van der Waals surface area contributed by atoms with Gasteiger partial charge < -0.3 is 10.1 Å². The molecule has 0 bridgehead atoms. The lowest BCUT2D eigenvalue weighted by Crippen LogP contribution is -2.19. The molecule has 0 spiro atoms. The van der Waals surface area contributed by atoms with Crippen molar-refractivity contribution in [2.45, 2.75) is 59.5 Å². The van der Waals surface area contributed by atoms with E-state index in [9.17, 15) is 0 Å². The first kappa shape index (κ1) is 15.9. The van der Waals surface area contributed by atoms with Crippen LogP contribution in [-0.2, 0) is 10.2 Å². The summed E-state index contributed by atoms with van der Waals surface area (Å²) in [6, 6.07) is 2.03. The molecule has 1 aromatic heterocycles. The molecule has 0 saturated heterocycles. The maximum atomic E-state index is 5.73. The summed E-state index contributed by atoms with van der Waals surface area (Å²) in [6.07, 6.45) is 0.859. The number of ether oxygens (including phenoxy) is 1. The summed E-state index contributed by atoms with van der Waals surface area (Å²) in [5.74, 6) is 1.67. The molecule has 1 heterocycles. The minimum Gasteiger partial charge on any atom is -0.371 e. The van der Waals surface area contributed by atoms with Crippen LogP contribution >= 0.6 is 0 Å². The van der Waals surface area contributed by atoms with E-state index in [0.717, 1.165) is 30.3 Å². The van der Waals surface area contributed by atoms with Crippen molar-refractivity contribution in [3.8, 4) is 0 Å². The fourth-order valence-corrected chi connectivity index (χ4v) is 1.84. The van der Waals surface area contributed by atoms with Gasteiger partial charge in [0.1, 0.15) is 11.9 Å². The topological polar surface area (TPSA) is 47.0 Å². The van der Waals surface area contributed by atoms with Gasteiger partial charge in [-0.2, -0.15) is 0 Å². The Morgan fingerprint density at radius 3 is 2.37 bits per heavy atom. The largest absolute Gasteiger partial charge is 0.371 e. The van der Waals surface area contributed by atoms with Crippen molar-refractivity contribution >= 4 is 5.82 Å². The fourth-order valence-electron chi connectivity index (χ4n) is 1.84. The monoisotopic (exact) mass is 265 g/mol. The second-order valence-corrected chi connectivity index (χ2v) is 5.63. The number of nitrogens with one attached hydrogen (secondary N) is 1. The van der Waals surface area contributed by atoms with Crippen LogP contribution in [0.25, 0.3) is 0 Å². The number of hydrogen-bond donors (Lipinski definition) is 1. The second kappa shape index (κ2) is 6.85. The van der Waals surface area contributed by atoms with Crippen molar-refractivity contribution < 1.29 is 4.74 Å². The van der Waals surface area contributed by atoms with Crippen molar-refractivity contribution in [3.05, 3.63) is 17.6 Å². The van der Waals surface area contributed by atoms with Crippen LogP contribution in [-0.4, -0.2) is 23.1 Å². The van der Waals surface area contributed by atoms with E-state index in [1.165, 1.54) is 0 Å². The third kappa shape index (κ3) is 4.46. The molecule has 1 N–H and O–H groups in total. The van der Waals surface area contributed by atoms with E-state index >= 15 is 0 Å². The van der Waals surface area contributed by atoms with Crippen LogP contribution in [0.2, 0.25) is 0 Å². The summed E-state index contributed by atoms with van der Waals surface area (Å²) in [5, 5.41) is 3.27. The molecule has 0 fully saturated rings. The molecule has 0 amide bonds. The van der Waals surface area contributed by atoms with Crippen molar-refractivity contribution in [2.24, 2.45) is 0 Å². The van der Waals surface area contributed by atoms with Crippen molar-refractivity contribution in [2.75, 3.05) is 18.5 Å². The molecule has 4 nitrogen and oxygen atoms in total. The van der Waals surface area contributed by atoms with Crippen LogP contribution in [0.1, 0.15) is 65.6 Å². The second-order valence-electron chi connectivity index (χ2n) is 5.63. The zero-order valence-corrected chi connectivity index (χ0v) is 13.1. The Balaban J connectivity index is 3.18. The number of anilines is 1. The van der Waals surface area contributed by atoms with Gasteiger partial charge in [0.25, 0.3) is 0 Å². The average molecular weight is 265 g/mol. The van der Waals surface area contributed by atoms with E-state index in [0.29, 0.717) is 6.61 Å². The highest BCUT2D eigenvalue weighted by molar-refractivity contribution is 5.38. The lowest BCUT2D eigenvalue weighted by molar-refractivity contribution is 0.0533. The SMILES string of the molecule is CCNc1cc(C(C)(C)C)nc(C(CC)OCC)n1. The predicted octanol–water partition coefficient (Wildman–Crippen LogP) is 3.69. The molecule has 19 heavy (non-hydrogen) atoms. The Kier molecular flexibility index (Phi) is 5.73. The molecule has 1 rings (SSSR count). The Morgan fingerprint density at radius 1 is 1.21 bits per heavy atom. The van der Waals surface area contributed by atoms with Crippen LogP contribution < -0.4 is 5.32 Å². The summed E-state index contributed by atoms with van der Waals surface area (Å²) in [7, 11) is 0. The standard InChI is InChI=1S/C15H27N3O/c1-7-11(19-9-3)14-17-12(15(4,5)6)10-13(18-14)16-8-2/h10-11H,7-9H2,1-6H3,(H,16,17,18). The minimum absolute atomic E-state index is 0.00632. The summed E-state index contributed by atoms with van der Waals surface area (Å²) in [4.78, 5) is 9.28. The average Bonchev–Trinajstić information content (AvgIpc) is 2.35. The van der Waals surface area contributed by atoms with E-state index < -0.39 is 0 Å². The number of rotatable bonds is 6. The zero-order valence-electron chi connectivity index (χ0n) is 13.1. The van der Waals surface area contributed by atoms with E-state index in [4.69, 9.17) is 9.72 Å². The maximum Gasteiger partial charge on any atom is 0.159 e. The Bertz CT molecular complexity index is 399. The van der Waals surface area contributed by atoms with E-state index in [2.05, 4.69) is 44.9 Å². The molecule has 0 aliphatic rings. The molecule has 0 aliphatic heterocycles. The minimum atomic E-state index is -0.0234. The van der Waals surface area contributed by atoms with Gasteiger partial charge in [-0.15, -0.1) is 0 Å². The Hall–Kier alpha value is -1.16. The van der Waals surface area contributed by atoms with Gasteiger partial charge in [-0.05, 0) is 20.3 Å². The molecule has 0 radical (unpaired) electrons. The summed E-state index contributed by atoms with van der Waals surface area (Å²) >= 11 is 0. The quantitative estimate of drug-likeness (QED) is 0.852. The van der Waals surface area contributed by atoms with Gasteiger partial charge >= 0.3 is 0 Å². The van der Waals surface area contributed by atoms with Gasteiger partial charge in [-0.1, -0.05) is 27.7 Å². The van der Waals surface area contributed by atoms with Crippen molar-refractivity contribution in [1.82, 2.24) is 9.97 Å². The van der Waals surface area contributed by atoms with E-state index in [1.807, 2.05) is 13.0 Å². The molecular weight excluding hydrogens is 238 g/mol. The molecule has 0 saturated carbocycles. The van der Waals surface area contributed by atoms with Gasteiger partial charge in [0.15, 0.2) is 5.82 Å². The first-order chi connectivity index (χ1) is 8.92. The number of hydrogen-bond acceptors (Lipinski definition) is 4. The van der Waals surface area contributed by atoms with Gasteiger partial charge in [0.2, 0.25) is 0 Å². The number of nitrogens with zero attached hydrogens (tertiary/aromatic N) is 2. The van der Waals surface area contributed by atoms with E-state index in [-0.39, 0.29) is 11.5 Å². The fraction of sp³-hybridized carbons (Fsp3) is 0.733. The highest BCUT2D eigenvalue weighted by atomic mass is 16.5. The van der Waals surface area contributed by atoms with Gasteiger partial charge in [-0.3, -0.25) is 0 Å². The molecule has 0 aromatic carbocycles. The smallest absolute Gasteiger partial charge is 0.159 e. The first-order valence-electron chi connectivity index (χ1n) is 7.17. The van der Waals surface area contributed by atoms with Crippen LogP contribution in [0.15, 0.2) is 6.07 Å². The number of aromatic nitrogens is 2. The van der Waals surface area contributed by atoms with Crippen LogP contribution in [0.4, 0.5) is 5.82 Å². The first-order valence-corrected chi connectivity index (χ1v) is 7.17. The van der Waals surface area contributed by atoms with Crippen LogP contribution in [0.5, 0.6) is 0 Å². The van der Waals surface area contributed by atoms with Crippen molar-refractivity contribution in [3.63, 3.8) is 0 Å². The lowest BCUT2D eigenvalue weighted by atomic mass is 9.92. The van der Waals surface area contributed by atoms with Crippen molar-refractivity contribution in [1.29, 1.82) is 0 Å². The predicted molar refractivity (Wildman–Crippen MR) is 79.6 cm³/mol. The highest BCUT2D eigenvalue weighted by Gasteiger charge is 2.21. The summed E-state index contributed by atoms with van der Waals surface area (Å²) in [6.45, 7) is 14.2. The van der Waals surface area contributed by atoms with Gasteiger partial charge in [0.05, 0.1) is 5.69 Å². The molecule has 0 aliphatic carbocycles. The molecular formula is C15H27N3O. The Morgan fingerprint density at radius 2 is 1.89 bits per heavy atom. The Labute approximate surface area is 117 Å². The maximum absolute atomic E-state index is 5.73.